The maximum atomic E-state index is 14.1. The number of ether oxygens (including phenoxy) is 9. The van der Waals surface area contributed by atoms with Crippen LogP contribution >= 0.6 is 0 Å². The zero-order valence-corrected chi connectivity index (χ0v) is 36.7. The van der Waals surface area contributed by atoms with Gasteiger partial charge in [0.25, 0.3) is 0 Å². The second-order valence-electron chi connectivity index (χ2n) is 17.0. The average molecular weight is 824 g/mol. The van der Waals surface area contributed by atoms with Gasteiger partial charge in [-0.05, 0) is 66.1 Å². The summed E-state index contributed by atoms with van der Waals surface area (Å²) in [6, 6.07) is -0.655. The number of aliphatic hydroxyl groups excluding tert-OH is 2. The lowest BCUT2D eigenvalue weighted by Crippen LogP contribution is -2.63. The third-order valence-corrected chi connectivity index (χ3v) is 12.5. The Morgan fingerprint density at radius 1 is 0.862 bits per heavy atom. The minimum atomic E-state index is -1.19. The van der Waals surface area contributed by atoms with E-state index in [2.05, 4.69) is 6.92 Å². The predicted molar refractivity (Wildman–Crippen MR) is 217 cm³/mol. The highest BCUT2D eigenvalue weighted by Gasteiger charge is 2.48. The number of allylic oxidation sites excluding steroid dienone is 3. The van der Waals surface area contributed by atoms with Gasteiger partial charge in [-0.1, -0.05) is 57.6 Å². The van der Waals surface area contributed by atoms with Crippen molar-refractivity contribution in [3.8, 4) is 0 Å². The molecule has 14 nitrogen and oxygen atoms in total. The first kappa shape index (κ1) is 48.6. The van der Waals surface area contributed by atoms with Gasteiger partial charge in [0.15, 0.2) is 18.4 Å². The minimum absolute atomic E-state index is 0.0501. The predicted octanol–water partition coefficient (Wildman–Crippen LogP) is 4.25. The number of hydrogen-bond donors (Lipinski definition) is 2. The zero-order valence-electron chi connectivity index (χ0n) is 36.7. The number of ketones is 1. The van der Waals surface area contributed by atoms with Crippen LogP contribution in [0.15, 0.2) is 36.0 Å². The van der Waals surface area contributed by atoms with E-state index in [-0.39, 0.29) is 49.5 Å². The molecule has 0 amide bonds. The van der Waals surface area contributed by atoms with E-state index >= 15 is 0 Å². The fraction of sp³-hybridized carbons (Fsp3) is 0.818. The molecule has 0 saturated carbocycles. The fourth-order valence-electron chi connectivity index (χ4n) is 8.81. The second-order valence-corrected chi connectivity index (χ2v) is 17.0. The van der Waals surface area contributed by atoms with Gasteiger partial charge in [0.2, 0.25) is 0 Å². The Hall–Kier alpha value is -2.08. The van der Waals surface area contributed by atoms with Crippen molar-refractivity contribution in [2.45, 2.75) is 148 Å². The molecule has 2 fully saturated rings. The maximum absolute atomic E-state index is 14.1. The standard InChI is InChI=1S/C44H73NO13/c1-12-34-32(24-54-44-42(51-11)41(50-10)27(4)29(6)55-44)21-25(2)15-16-33(46)26(3)22-31-17-20-52-18-13-14-19-53-35(23-36(47)57-34)28(5)40(31)58-43-39(49)37(45(8)9)38(48)30(7)56-43/h13-16,21,26-32,34-35,37-44,48-49H,12,17-20,22-24H2,1-11H3/b14-13+,16-15+,25-21+/t26-,27+,28+,29?,30?,31+,32-,34-,35-,37?,38+,39?,40-,41+,42?,43+,44-/m1/s1. The van der Waals surface area contributed by atoms with E-state index in [9.17, 15) is 19.8 Å². The summed E-state index contributed by atoms with van der Waals surface area (Å²) in [6.07, 6.45) is 3.13. The summed E-state index contributed by atoms with van der Waals surface area (Å²) in [7, 11) is 6.84. The number of hydrogen-bond acceptors (Lipinski definition) is 14. The second kappa shape index (κ2) is 23.2. The molecule has 4 rings (SSSR count). The summed E-state index contributed by atoms with van der Waals surface area (Å²) in [6.45, 7) is 14.7. The monoisotopic (exact) mass is 824 g/mol. The lowest BCUT2D eigenvalue weighted by Gasteiger charge is -2.47. The summed E-state index contributed by atoms with van der Waals surface area (Å²) < 4.78 is 56.0. The van der Waals surface area contributed by atoms with E-state index in [1.54, 1.807) is 52.3 Å². The van der Waals surface area contributed by atoms with Gasteiger partial charge in [-0.15, -0.1) is 0 Å². The molecule has 0 aromatic heterocycles. The number of carbonyl (C=O) groups is 2. The highest BCUT2D eigenvalue weighted by atomic mass is 16.7. The Labute approximate surface area is 346 Å². The molecule has 4 aliphatic rings. The molecule has 0 spiro atoms. The number of fused-ring (bicyclic) bond motifs is 3. The van der Waals surface area contributed by atoms with Crippen LogP contribution in [0.2, 0.25) is 0 Å². The number of carbonyl (C=O) groups excluding carboxylic acids is 2. The van der Waals surface area contributed by atoms with Crippen LogP contribution in [0.4, 0.5) is 0 Å². The third-order valence-electron chi connectivity index (χ3n) is 12.5. The average Bonchev–Trinajstić information content (AvgIpc) is 3.18. The zero-order chi connectivity index (χ0) is 42.7. The lowest BCUT2D eigenvalue weighted by molar-refractivity contribution is -0.305. The van der Waals surface area contributed by atoms with Crippen LogP contribution in [0.25, 0.3) is 0 Å². The van der Waals surface area contributed by atoms with Crippen LogP contribution in [0.5, 0.6) is 0 Å². The van der Waals surface area contributed by atoms with Crippen LogP contribution < -0.4 is 0 Å². The van der Waals surface area contributed by atoms with Crippen LogP contribution in [0, 0.1) is 29.6 Å². The molecule has 0 aromatic rings. The van der Waals surface area contributed by atoms with E-state index in [0.29, 0.717) is 32.5 Å². The summed E-state index contributed by atoms with van der Waals surface area (Å²) in [5.41, 5.74) is 0.811. The van der Waals surface area contributed by atoms with Gasteiger partial charge in [-0.25, -0.2) is 0 Å². The molecule has 2 saturated heterocycles. The van der Waals surface area contributed by atoms with Gasteiger partial charge in [0, 0.05) is 44.5 Å². The quantitative estimate of drug-likeness (QED) is 0.251. The molecular formula is C44H73NO13. The number of nitrogens with zero attached hydrogens (tertiary/aromatic N) is 1. The Bertz CT molecular complexity index is 1370. The lowest BCUT2D eigenvalue weighted by atomic mass is 9.79. The van der Waals surface area contributed by atoms with Crippen molar-refractivity contribution in [3.05, 3.63) is 36.0 Å². The molecule has 4 aliphatic heterocycles. The Morgan fingerprint density at radius 2 is 1.55 bits per heavy atom. The molecule has 2 bridgehead atoms. The van der Waals surface area contributed by atoms with Crippen molar-refractivity contribution in [2.75, 3.05) is 54.7 Å². The first-order valence-corrected chi connectivity index (χ1v) is 21.2. The molecule has 2 N–H and O–H groups in total. The van der Waals surface area contributed by atoms with Gasteiger partial charge in [-0.2, -0.15) is 0 Å². The third kappa shape index (κ3) is 12.7. The Balaban J connectivity index is 1.71. The molecule has 0 aromatic carbocycles. The molecule has 0 aliphatic carbocycles. The number of cyclic esters (lactones) is 1. The van der Waals surface area contributed by atoms with Gasteiger partial charge < -0.3 is 57.7 Å². The van der Waals surface area contributed by atoms with E-state index in [1.807, 2.05) is 52.8 Å². The van der Waals surface area contributed by atoms with E-state index in [4.69, 9.17) is 42.6 Å². The van der Waals surface area contributed by atoms with E-state index < -0.39 is 85.1 Å². The molecule has 5 unspecified atom stereocenters. The number of esters is 1. The summed E-state index contributed by atoms with van der Waals surface area (Å²) in [5.74, 6) is -1.93. The highest BCUT2D eigenvalue weighted by Crippen LogP contribution is 2.36. The van der Waals surface area contributed by atoms with E-state index in [0.717, 1.165) is 5.57 Å². The highest BCUT2D eigenvalue weighted by molar-refractivity contribution is 5.91. The molecule has 4 heterocycles. The largest absolute Gasteiger partial charge is 0.462 e. The maximum Gasteiger partial charge on any atom is 0.308 e. The number of likely N-dealkylation sites (N-methyl/N-ethyl adjacent to an activating group) is 1. The number of rotatable bonds is 9. The SMILES string of the molecule is CC[C@H]1OC(=O)C[C@H]2OC/C=C/COCC[C@@H](C[C@@H](C)C(=O)/C=C/C(C)=C/[C@@H]1CO[C@@H]1OC(C)[C@H](C)[C@H](OC)C1OC)[C@H](O[C@@H]1OC(C)[C@H](O)C(N(C)C)C1O)[C@H]2C. The number of aliphatic hydroxyl groups is 2. The van der Waals surface area contributed by atoms with Crippen molar-refractivity contribution >= 4 is 11.8 Å². The Morgan fingerprint density at radius 3 is 2.22 bits per heavy atom. The van der Waals surface area contributed by atoms with Crippen molar-refractivity contribution in [2.24, 2.45) is 29.6 Å². The molecule has 17 atom stereocenters. The van der Waals surface area contributed by atoms with Crippen molar-refractivity contribution in [1.82, 2.24) is 4.90 Å². The summed E-state index contributed by atoms with van der Waals surface area (Å²) in [4.78, 5) is 29.7. The van der Waals surface area contributed by atoms with Crippen LogP contribution in [0.1, 0.15) is 74.1 Å². The normalized spacial score (nSPS) is 43.8. The first-order chi connectivity index (χ1) is 27.6. The van der Waals surface area contributed by atoms with E-state index in [1.165, 1.54) is 0 Å². The first-order valence-electron chi connectivity index (χ1n) is 21.2. The molecule has 58 heavy (non-hydrogen) atoms. The van der Waals surface area contributed by atoms with Crippen molar-refractivity contribution in [3.63, 3.8) is 0 Å². The molecule has 0 radical (unpaired) electrons. The number of methoxy groups -OCH3 is 2. The minimum Gasteiger partial charge on any atom is -0.462 e. The molecule has 332 valence electrons. The van der Waals surface area contributed by atoms with Crippen LogP contribution in [-0.2, 0) is 52.2 Å². The topological polar surface area (TPSA) is 161 Å². The van der Waals surface area contributed by atoms with Crippen LogP contribution in [0.3, 0.4) is 0 Å². The fourth-order valence-corrected chi connectivity index (χ4v) is 8.81. The van der Waals surface area contributed by atoms with Crippen molar-refractivity contribution in [1.29, 1.82) is 0 Å². The van der Waals surface area contributed by atoms with Gasteiger partial charge in [0.05, 0.1) is 68.9 Å². The molecular weight excluding hydrogens is 750 g/mol. The van der Waals surface area contributed by atoms with Crippen LogP contribution in [-0.4, -0.2) is 155 Å². The summed E-state index contributed by atoms with van der Waals surface area (Å²) in [5, 5.41) is 22.5. The smallest absolute Gasteiger partial charge is 0.308 e. The molecule has 14 heteroatoms. The van der Waals surface area contributed by atoms with Crippen molar-refractivity contribution < 1.29 is 62.4 Å². The van der Waals surface area contributed by atoms with Gasteiger partial charge in [-0.3, -0.25) is 9.59 Å². The summed E-state index contributed by atoms with van der Waals surface area (Å²) >= 11 is 0. The Kier molecular flexibility index (Phi) is 19.5. The van der Waals surface area contributed by atoms with Gasteiger partial charge in [0.1, 0.15) is 18.3 Å². The van der Waals surface area contributed by atoms with Gasteiger partial charge >= 0.3 is 5.97 Å².